The fourth-order valence-electron chi connectivity index (χ4n) is 0.464. The molecular formula is C8H10O4. The molecule has 0 fully saturated rings. The van der Waals surface area contributed by atoms with Crippen LogP contribution in [0.5, 0.6) is 0 Å². The number of carbonyl (C=O) groups excluding carboxylic acids is 2. The maximum atomic E-state index is 10.9. The molecule has 0 aromatic carbocycles. The molecule has 0 saturated carbocycles. The molecule has 0 spiro atoms. The summed E-state index contributed by atoms with van der Waals surface area (Å²) in [6, 6.07) is 0. The molecule has 0 aliphatic heterocycles. The Balaban J connectivity index is 4.03. The van der Waals surface area contributed by atoms with Gasteiger partial charge >= 0.3 is 11.9 Å². The molecule has 0 aromatic rings. The third-order valence-corrected chi connectivity index (χ3v) is 1.00. The smallest absolute Gasteiger partial charge is 0.248 e. The quantitative estimate of drug-likeness (QED) is 0.270. The van der Waals surface area contributed by atoms with Gasteiger partial charge in [-0.3, -0.25) is 0 Å². The van der Waals surface area contributed by atoms with Crippen molar-refractivity contribution in [3.8, 4) is 0 Å². The lowest BCUT2D eigenvalue weighted by molar-refractivity contribution is -0.253. The molecule has 0 unspecified atom stereocenters. The maximum absolute atomic E-state index is 10.9. The first kappa shape index (κ1) is 10.4. The summed E-state index contributed by atoms with van der Waals surface area (Å²) in [6.07, 6.45) is 2.81. The van der Waals surface area contributed by atoms with Gasteiger partial charge in [0, 0.05) is 6.92 Å². The summed E-state index contributed by atoms with van der Waals surface area (Å²) < 4.78 is 0. The number of hydrogen-bond acceptors (Lipinski definition) is 4. The number of carbonyl (C=O) groups is 2. The van der Waals surface area contributed by atoms with Crippen molar-refractivity contribution in [2.45, 2.75) is 13.8 Å². The first-order valence-electron chi connectivity index (χ1n) is 3.30. The fraction of sp³-hybridized carbons (Fsp3) is 0.250. The predicted octanol–water partition coefficient (Wildman–Crippen LogP) is 1.14. The highest BCUT2D eigenvalue weighted by atomic mass is 17.2. The summed E-state index contributed by atoms with van der Waals surface area (Å²) in [5, 5.41) is 0. The molecule has 0 atom stereocenters. The third kappa shape index (κ3) is 3.55. The van der Waals surface area contributed by atoms with Crippen LogP contribution in [0, 0.1) is 0 Å². The zero-order valence-corrected chi connectivity index (χ0v) is 6.99. The summed E-state index contributed by atoms with van der Waals surface area (Å²) in [5.41, 5.74) is 0.247. The van der Waals surface area contributed by atoms with Gasteiger partial charge in [-0.25, -0.2) is 19.4 Å². The number of rotatable bonds is 2. The summed E-state index contributed by atoms with van der Waals surface area (Å²) in [5.74, 6) is -1.41. The van der Waals surface area contributed by atoms with Crippen molar-refractivity contribution < 1.29 is 19.4 Å². The van der Waals surface area contributed by atoms with E-state index in [2.05, 4.69) is 16.4 Å². The zero-order chi connectivity index (χ0) is 9.56. The Bertz CT molecular complexity index is 227. The molecule has 4 heteroatoms. The van der Waals surface area contributed by atoms with Crippen LogP contribution in [0.15, 0.2) is 24.3 Å². The molecule has 4 nitrogen and oxygen atoms in total. The van der Waals surface area contributed by atoms with E-state index in [0.717, 1.165) is 6.92 Å². The third-order valence-electron chi connectivity index (χ3n) is 1.00. The monoisotopic (exact) mass is 170 g/mol. The molecule has 0 aliphatic carbocycles. The predicted molar refractivity (Wildman–Crippen MR) is 41.8 cm³/mol. The molecule has 12 heavy (non-hydrogen) atoms. The van der Waals surface area contributed by atoms with Crippen molar-refractivity contribution in [1.29, 1.82) is 0 Å². The van der Waals surface area contributed by atoms with Crippen LogP contribution in [0.3, 0.4) is 0 Å². The Hall–Kier alpha value is -1.58. The van der Waals surface area contributed by atoms with Crippen molar-refractivity contribution in [2.75, 3.05) is 0 Å². The Labute approximate surface area is 70.4 Å². The van der Waals surface area contributed by atoms with E-state index in [1.54, 1.807) is 6.92 Å². The number of hydrogen-bond donors (Lipinski definition) is 0. The molecule has 0 N–H and O–H groups in total. The summed E-state index contributed by atoms with van der Waals surface area (Å²) >= 11 is 0. The van der Waals surface area contributed by atoms with Crippen LogP contribution in [0.1, 0.15) is 13.8 Å². The van der Waals surface area contributed by atoms with Gasteiger partial charge in [0.2, 0.25) is 0 Å². The van der Waals surface area contributed by atoms with E-state index in [-0.39, 0.29) is 5.57 Å². The average Bonchev–Trinajstić information content (AvgIpc) is 2.03. The Morgan fingerprint density at radius 1 is 1.33 bits per heavy atom. The molecule has 0 amide bonds. The van der Waals surface area contributed by atoms with Gasteiger partial charge in [0.1, 0.15) is 0 Å². The van der Waals surface area contributed by atoms with E-state index >= 15 is 0 Å². The van der Waals surface area contributed by atoms with Crippen molar-refractivity contribution in [1.82, 2.24) is 0 Å². The molecule has 66 valence electrons. The van der Waals surface area contributed by atoms with E-state index < -0.39 is 11.9 Å². The molecule has 0 rings (SSSR count). The Kier molecular flexibility index (Phi) is 4.45. The summed E-state index contributed by atoms with van der Waals surface area (Å²) in [7, 11) is 0. The number of allylic oxidation sites excluding steroid dienone is 1. The second kappa shape index (κ2) is 5.12. The van der Waals surface area contributed by atoms with Crippen molar-refractivity contribution in [3.63, 3.8) is 0 Å². The van der Waals surface area contributed by atoms with Crippen LogP contribution in [-0.2, 0) is 19.4 Å². The zero-order valence-electron chi connectivity index (χ0n) is 6.99. The Morgan fingerprint density at radius 2 is 1.92 bits per heavy atom. The van der Waals surface area contributed by atoms with Crippen LogP contribution in [0.4, 0.5) is 0 Å². The largest absolute Gasteiger partial charge is 0.385 e. The minimum Gasteiger partial charge on any atom is -0.248 e. The standard InChI is InChI=1S/C8H10O4/c1-4-7(5-2)8(10)12-11-6(3)9/h4-5H,1H2,2-3H3/b7-5+. The van der Waals surface area contributed by atoms with E-state index in [0.29, 0.717) is 0 Å². The first-order valence-corrected chi connectivity index (χ1v) is 3.30. The molecule has 0 radical (unpaired) electrons. The fourth-order valence-corrected chi connectivity index (χ4v) is 0.464. The topological polar surface area (TPSA) is 52.6 Å². The first-order chi connectivity index (χ1) is 5.61. The SMILES string of the molecule is C=C/C(=C\C)C(=O)OOC(C)=O. The molecule has 0 aliphatic rings. The highest BCUT2D eigenvalue weighted by Gasteiger charge is 2.08. The summed E-state index contributed by atoms with van der Waals surface area (Å²) in [6.45, 7) is 6.15. The lowest BCUT2D eigenvalue weighted by atomic mass is 10.2. The van der Waals surface area contributed by atoms with Crippen LogP contribution < -0.4 is 0 Å². The van der Waals surface area contributed by atoms with E-state index in [4.69, 9.17) is 0 Å². The van der Waals surface area contributed by atoms with Crippen molar-refractivity contribution in [3.05, 3.63) is 24.3 Å². The second-order valence-corrected chi connectivity index (χ2v) is 1.89. The van der Waals surface area contributed by atoms with Gasteiger partial charge in [-0.05, 0) is 6.92 Å². The maximum Gasteiger partial charge on any atom is 0.385 e. The molecule has 0 saturated heterocycles. The molecular weight excluding hydrogens is 160 g/mol. The second-order valence-electron chi connectivity index (χ2n) is 1.89. The van der Waals surface area contributed by atoms with Gasteiger partial charge in [-0.1, -0.05) is 18.7 Å². The van der Waals surface area contributed by atoms with Gasteiger partial charge in [-0.2, -0.15) is 0 Å². The van der Waals surface area contributed by atoms with E-state index in [1.807, 2.05) is 0 Å². The Morgan fingerprint density at radius 3 is 2.25 bits per heavy atom. The lowest BCUT2D eigenvalue weighted by Crippen LogP contribution is -2.09. The van der Waals surface area contributed by atoms with Crippen LogP contribution in [0.2, 0.25) is 0 Å². The van der Waals surface area contributed by atoms with Gasteiger partial charge < -0.3 is 0 Å². The van der Waals surface area contributed by atoms with E-state index in [9.17, 15) is 9.59 Å². The molecule has 0 aromatic heterocycles. The van der Waals surface area contributed by atoms with Gasteiger partial charge in [-0.15, -0.1) is 0 Å². The van der Waals surface area contributed by atoms with E-state index in [1.165, 1.54) is 12.2 Å². The van der Waals surface area contributed by atoms with Gasteiger partial charge in [0.25, 0.3) is 0 Å². The molecule has 0 bridgehead atoms. The highest BCUT2D eigenvalue weighted by molar-refractivity contribution is 5.91. The minimum atomic E-state index is -0.734. The average molecular weight is 170 g/mol. The van der Waals surface area contributed by atoms with Gasteiger partial charge in [0.05, 0.1) is 5.57 Å². The normalized spacial score (nSPS) is 10.3. The highest BCUT2D eigenvalue weighted by Crippen LogP contribution is 1.99. The molecule has 0 heterocycles. The van der Waals surface area contributed by atoms with Crippen LogP contribution in [0.25, 0.3) is 0 Å². The summed E-state index contributed by atoms with van der Waals surface area (Å²) in [4.78, 5) is 29.2. The van der Waals surface area contributed by atoms with Crippen molar-refractivity contribution >= 4 is 11.9 Å². The minimum absolute atomic E-state index is 0.247. The van der Waals surface area contributed by atoms with Crippen LogP contribution >= 0.6 is 0 Å². The van der Waals surface area contributed by atoms with Gasteiger partial charge in [0.15, 0.2) is 0 Å². The lowest BCUT2D eigenvalue weighted by Gasteiger charge is -1.99. The van der Waals surface area contributed by atoms with Crippen molar-refractivity contribution in [2.24, 2.45) is 0 Å². The van der Waals surface area contributed by atoms with Crippen LogP contribution in [-0.4, -0.2) is 11.9 Å².